The largest absolute Gasteiger partial charge is 0.383 e. The predicted molar refractivity (Wildman–Crippen MR) is 53.4 cm³/mol. The molecule has 0 radical (unpaired) electrons. The topological polar surface area (TPSA) is 89.9 Å². The Bertz CT molecular complexity index is 292. The highest BCUT2D eigenvalue weighted by Gasteiger charge is 2.19. The lowest BCUT2D eigenvalue weighted by atomic mass is 10.3. The molecule has 1 aromatic heterocycles. The zero-order chi connectivity index (χ0) is 9.26. The van der Waals surface area contributed by atoms with Gasteiger partial charge in [-0.3, -0.25) is 0 Å². The number of nitrogen functional groups attached to an aromatic ring is 2. The molecule has 0 saturated carbocycles. The first-order chi connectivity index (χ1) is 6.24. The van der Waals surface area contributed by atoms with Crippen LogP contribution in [0.25, 0.3) is 0 Å². The molecule has 70 valence electrons. The molecule has 0 amide bonds. The van der Waals surface area contributed by atoms with Crippen LogP contribution in [0.3, 0.4) is 0 Å². The molecule has 0 aromatic carbocycles. The van der Waals surface area contributed by atoms with Crippen LogP contribution in [0, 0.1) is 0 Å². The Morgan fingerprint density at radius 1 is 1.31 bits per heavy atom. The minimum atomic E-state index is 0.433. The summed E-state index contributed by atoms with van der Waals surface area (Å²) in [5.74, 6) is 0.865. The second-order valence-corrected chi connectivity index (χ2v) is 4.17. The van der Waals surface area contributed by atoms with Crippen LogP contribution in [-0.2, 0) is 0 Å². The number of thioether (sulfide) groups is 1. The zero-order valence-electron chi connectivity index (χ0n) is 7.03. The summed E-state index contributed by atoms with van der Waals surface area (Å²) in [4.78, 5) is 8.16. The zero-order valence-corrected chi connectivity index (χ0v) is 7.84. The maximum absolute atomic E-state index is 5.53. The van der Waals surface area contributed by atoms with E-state index in [4.69, 9.17) is 11.5 Å². The van der Waals surface area contributed by atoms with Crippen molar-refractivity contribution in [2.45, 2.75) is 10.4 Å². The molecule has 0 bridgehead atoms. The minimum absolute atomic E-state index is 0.433. The molecule has 5 nitrogen and oxygen atoms in total. The molecule has 13 heavy (non-hydrogen) atoms. The van der Waals surface area contributed by atoms with E-state index >= 15 is 0 Å². The Hall–Kier alpha value is -1.01. The first-order valence-electron chi connectivity index (χ1n) is 4.01. The number of anilines is 2. The average molecular weight is 197 g/mol. The van der Waals surface area contributed by atoms with Crippen molar-refractivity contribution in [3.05, 3.63) is 6.07 Å². The Balaban J connectivity index is 2.10. The third kappa shape index (κ3) is 2.02. The molecule has 1 saturated heterocycles. The van der Waals surface area contributed by atoms with E-state index < -0.39 is 0 Å². The molecule has 5 N–H and O–H groups in total. The van der Waals surface area contributed by atoms with E-state index in [0.717, 1.165) is 13.1 Å². The fourth-order valence-electron chi connectivity index (χ4n) is 1.01. The Morgan fingerprint density at radius 2 is 1.92 bits per heavy atom. The van der Waals surface area contributed by atoms with Gasteiger partial charge in [0.15, 0.2) is 5.16 Å². The van der Waals surface area contributed by atoms with Crippen LogP contribution in [0.4, 0.5) is 11.6 Å². The van der Waals surface area contributed by atoms with Gasteiger partial charge in [0, 0.05) is 24.4 Å². The maximum Gasteiger partial charge on any atom is 0.191 e. The molecular formula is C7H11N5S. The Morgan fingerprint density at radius 3 is 2.38 bits per heavy atom. The van der Waals surface area contributed by atoms with Gasteiger partial charge in [-0.25, -0.2) is 9.97 Å². The average Bonchev–Trinajstić information content (AvgIpc) is 1.95. The quantitative estimate of drug-likeness (QED) is 0.564. The van der Waals surface area contributed by atoms with E-state index in [2.05, 4.69) is 15.3 Å². The first-order valence-corrected chi connectivity index (χ1v) is 4.89. The van der Waals surface area contributed by atoms with Crippen LogP contribution in [0.2, 0.25) is 0 Å². The van der Waals surface area contributed by atoms with Gasteiger partial charge in [-0.05, 0) is 0 Å². The number of aromatic nitrogens is 2. The third-order valence-corrected chi connectivity index (χ3v) is 2.82. The molecule has 1 aliphatic heterocycles. The van der Waals surface area contributed by atoms with Gasteiger partial charge in [-0.2, -0.15) is 0 Å². The van der Waals surface area contributed by atoms with Crippen molar-refractivity contribution in [3.63, 3.8) is 0 Å². The Labute approximate surface area is 80.3 Å². The fraction of sp³-hybridized carbons (Fsp3) is 0.429. The van der Waals surface area contributed by atoms with Crippen molar-refractivity contribution in [1.82, 2.24) is 15.3 Å². The lowest BCUT2D eigenvalue weighted by Gasteiger charge is -2.25. The number of nitrogens with zero attached hydrogens (tertiary/aromatic N) is 2. The summed E-state index contributed by atoms with van der Waals surface area (Å²) in [5.41, 5.74) is 11.1. The lowest BCUT2D eigenvalue weighted by Crippen LogP contribution is -2.44. The van der Waals surface area contributed by atoms with Crippen molar-refractivity contribution >= 4 is 23.4 Å². The van der Waals surface area contributed by atoms with E-state index in [0.29, 0.717) is 22.0 Å². The lowest BCUT2D eigenvalue weighted by molar-refractivity contribution is 0.542. The van der Waals surface area contributed by atoms with Crippen molar-refractivity contribution in [2.24, 2.45) is 0 Å². The summed E-state index contributed by atoms with van der Waals surface area (Å²) in [6.07, 6.45) is 0. The second-order valence-electron chi connectivity index (χ2n) is 2.90. The van der Waals surface area contributed by atoms with Gasteiger partial charge in [0.2, 0.25) is 0 Å². The number of nitrogens with one attached hydrogen (secondary N) is 1. The molecule has 0 aliphatic carbocycles. The third-order valence-electron chi connectivity index (χ3n) is 1.76. The van der Waals surface area contributed by atoms with E-state index in [1.165, 1.54) is 0 Å². The summed E-state index contributed by atoms with van der Waals surface area (Å²) in [6, 6.07) is 1.56. The minimum Gasteiger partial charge on any atom is -0.383 e. The second kappa shape index (κ2) is 3.39. The van der Waals surface area contributed by atoms with Gasteiger partial charge >= 0.3 is 0 Å². The van der Waals surface area contributed by atoms with Gasteiger partial charge in [0.1, 0.15) is 11.6 Å². The van der Waals surface area contributed by atoms with Crippen LogP contribution < -0.4 is 16.8 Å². The summed E-state index contributed by atoms with van der Waals surface area (Å²) in [6.45, 7) is 2.01. The molecule has 2 heterocycles. The summed E-state index contributed by atoms with van der Waals surface area (Å²) >= 11 is 1.61. The molecule has 1 aromatic rings. The SMILES string of the molecule is Nc1cc(N)nc(SC2CNC2)n1. The normalized spacial score (nSPS) is 16.9. The summed E-state index contributed by atoms with van der Waals surface area (Å²) in [7, 11) is 0. The monoisotopic (exact) mass is 197 g/mol. The van der Waals surface area contributed by atoms with Gasteiger partial charge in [0.25, 0.3) is 0 Å². The number of rotatable bonds is 2. The number of hydrogen-bond acceptors (Lipinski definition) is 6. The van der Waals surface area contributed by atoms with Crippen LogP contribution in [0.5, 0.6) is 0 Å². The van der Waals surface area contributed by atoms with Crippen molar-refractivity contribution in [3.8, 4) is 0 Å². The van der Waals surface area contributed by atoms with Gasteiger partial charge < -0.3 is 16.8 Å². The van der Waals surface area contributed by atoms with Crippen molar-refractivity contribution in [2.75, 3.05) is 24.6 Å². The summed E-state index contributed by atoms with van der Waals surface area (Å²) < 4.78 is 0. The van der Waals surface area contributed by atoms with Crippen molar-refractivity contribution in [1.29, 1.82) is 0 Å². The predicted octanol–water partition coefficient (Wildman–Crippen LogP) is -0.295. The van der Waals surface area contributed by atoms with E-state index in [1.54, 1.807) is 17.8 Å². The van der Waals surface area contributed by atoms with Crippen LogP contribution in [0.1, 0.15) is 0 Å². The van der Waals surface area contributed by atoms with E-state index in [1.807, 2.05) is 0 Å². The molecule has 2 rings (SSSR count). The molecule has 1 aliphatic rings. The Kier molecular flexibility index (Phi) is 2.24. The van der Waals surface area contributed by atoms with Gasteiger partial charge in [0.05, 0.1) is 0 Å². The van der Waals surface area contributed by atoms with Crippen LogP contribution >= 0.6 is 11.8 Å². The highest BCUT2D eigenvalue weighted by molar-refractivity contribution is 7.99. The van der Waals surface area contributed by atoms with E-state index in [9.17, 15) is 0 Å². The standard InChI is InChI=1S/C7H11N5S/c8-5-1-6(9)12-7(11-5)13-4-2-10-3-4/h1,4,10H,2-3H2,(H4,8,9,11,12). The smallest absolute Gasteiger partial charge is 0.191 e. The molecule has 1 fully saturated rings. The molecule has 6 heteroatoms. The van der Waals surface area contributed by atoms with Crippen LogP contribution in [0.15, 0.2) is 11.2 Å². The maximum atomic E-state index is 5.53. The highest BCUT2D eigenvalue weighted by Crippen LogP contribution is 2.23. The fourth-order valence-corrected chi connectivity index (χ4v) is 2.03. The molecule has 0 spiro atoms. The van der Waals surface area contributed by atoms with Crippen LogP contribution in [-0.4, -0.2) is 28.3 Å². The highest BCUT2D eigenvalue weighted by atomic mass is 32.2. The molecular weight excluding hydrogens is 186 g/mol. The van der Waals surface area contributed by atoms with E-state index in [-0.39, 0.29) is 0 Å². The van der Waals surface area contributed by atoms with Crippen molar-refractivity contribution < 1.29 is 0 Å². The van der Waals surface area contributed by atoms with Gasteiger partial charge in [-0.15, -0.1) is 0 Å². The molecule has 0 unspecified atom stereocenters. The summed E-state index contributed by atoms with van der Waals surface area (Å²) in [5, 5.41) is 4.40. The number of nitrogens with two attached hydrogens (primary N) is 2. The number of hydrogen-bond donors (Lipinski definition) is 3. The first kappa shape index (κ1) is 8.58. The van der Waals surface area contributed by atoms with Gasteiger partial charge in [-0.1, -0.05) is 11.8 Å². The molecule has 0 atom stereocenters.